The van der Waals surface area contributed by atoms with Crippen molar-refractivity contribution in [3.05, 3.63) is 24.3 Å². The Morgan fingerprint density at radius 3 is 2.26 bits per heavy atom. The molecule has 2 aliphatic carbocycles. The number of rotatable bonds is 10. The van der Waals surface area contributed by atoms with Crippen molar-refractivity contribution in [3.63, 3.8) is 0 Å². The average molecular weight is 657 g/mol. The standard InChI is InChI=1S/C34H56O12/c1-9-32(6,41)13-14-33(7)18(3)15-23(34(8)17(2)11-10-12-22(33)34)45-30-26(39)24(37)28(19(4)42-30)46-31-27(40)25(38)29(43-20(5)36)21(16-35)44-31/h9,11,18-19,21-31,35,37-41H,1,10,12-16H2,2-8H3/t18-,19+,21-,22-,23+,24+,25-,26-,27-,28+,29-,30+,31+,32+,33+,34+/m1/s1. The summed E-state index contributed by atoms with van der Waals surface area (Å²) < 4.78 is 29.2. The molecule has 46 heavy (non-hydrogen) atoms. The smallest absolute Gasteiger partial charge is 0.303 e. The number of esters is 1. The van der Waals surface area contributed by atoms with Gasteiger partial charge in [0.05, 0.1) is 24.4 Å². The van der Waals surface area contributed by atoms with Crippen molar-refractivity contribution in [2.75, 3.05) is 6.61 Å². The number of allylic oxidation sites excluding steroid dienone is 1. The van der Waals surface area contributed by atoms with Crippen LogP contribution in [0.25, 0.3) is 0 Å². The average Bonchev–Trinajstić information content (AvgIpc) is 3.00. The zero-order valence-electron chi connectivity index (χ0n) is 28.2. The van der Waals surface area contributed by atoms with Crippen molar-refractivity contribution >= 4 is 5.97 Å². The maximum atomic E-state index is 11.5. The molecular formula is C34H56O12. The second kappa shape index (κ2) is 14.2. The van der Waals surface area contributed by atoms with Gasteiger partial charge in [0.25, 0.3) is 0 Å². The second-order valence-electron chi connectivity index (χ2n) is 14.7. The normalized spacial score (nSPS) is 47.7. The number of hydrogen-bond acceptors (Lipinski definition) is 12. The van der Waals surface area contributed by atoms with Gasteiger partial charge in [0.15, 0.2) is 18.7 Å². The lowest BCUT2D eigenvalue weighted by Crippen LogP contribution is -2.65. The summed E-state index contributed by atoms with van der Waals surface area (Å²) >= 11 is 0. The lowest BCUT2D eigenvalue weighted by atomic mass is 9.45. The van der Waals surface area contributed by atoms with E-state index in [1.165, 1.54) is 5.57 Å². The SMILES string of the molecule is C=C[C@](C)(O)CC[C@@]1(C)[C@H](C)C[C@H](O[C@@H]2O[C@@H](C)[C@H](O[C@@H]3O[C@H](CO)[C@@H](OC(C)=O)[C@H](O)[C@H]3O)[C@@H](O)[C@H]2O)[C@@]2(C)C(C)=CCC[C@H]12. The quantitative estimate of drug-likeness (QED) is 0.148. The fourth-order valence-corrected chi connectivity index (χ4v) is 8.30. The van der Waals surface area contributed by atoms with Crippen LogP contribution in [0.3, 0.4) is 0 Å². The number of hydrogen-bond donors (Lipinski definition) is 6. The minimum atomic E-state index is -1.69. The molecule has 0 aromatic heterocycles. The maximum Gasteiger partial charge on any atom is 0.303 e. The van der Waals surface area contributed by atoms with Gasteiger partial charge in [0.2, 0.25) is 0 Å². The third-order valence-corrected chi connectivity index (χ3v) is 11.7. The predicted molar refractivity (Wildman–Crippen MR) is 166 cm³/mol. The van der Waals surface area contributed by atoms with Crippen molar-refractivity contribution in [2.45, 2.75) is 154 Å². The number of carbonyl (C=O) groups is 1. The number of fused-ring (bicyclic) bond motifs is 1. The molecule has 12 nitrogen and oxygen atoms in total. The molecule has 2 saturated heterocycles. The first kappa shape index (κ1) is 37.4. The highest BCUT2D eigenvalue weighted by molar-refractivity contribution is 5.66. The molecule has 0 amide bonds. The number of aliphatic hydroxyl groups is 6. The Morgan fingerprint density at radius 2 is 1.67 bits per heavy atom. The van der Waals surface area contributed by atoms with E-state index in [0.717, 1.165) is 26.2 Å². The second-order valence-corrected chi connectivity index (χ2v) is 14.7. The van der Waals surface area contributed by atoms with Crippen molar-refractivity contribution < 1.29 is 59.1 Å². The van der Waals surface area contributed by atoms with Gasteiger partial charge in [0.1, 0.15) is 36.6 Å². The molecule has 6 N–H and O–H groups in total. The summed E-state index contributed by atoms with van der Waals surface area (Å²) in [4.78, 5) is 11.5. The Hall–Kier alpha value is -1.45. The van der Waals surface area contributed by atoms with E-state index in [1.54, 1.807) is 19.9 Å². The zero-order chi connectivity index (χ0) is 34.4. The first-order chi connectivity index (χ1) is 21.4. The Morgan fingerprint density at radius 1 is 1.07 bits per heavy atom. The van der Waals surface area contributed by atoms with Crippen LogP contribution in [0.5, 0.6) is 0 Å². The third-order valence-electron chi connectivity index (χ3n) is 11.7. The van der Waals surface area contributed by atoms with Crippen LogP contribution in [-0.2, 0) is 28.5 Å². The van der Waals surface area contributed by atoms with Crippen LogP contribution in [0.15, 0.2) is 24.3 Å². The molecule has 4 rings (SSSR count). The molecule has 0 aromatic rings. The molecule has 0 aromatic carbocycles. The highest BCUT2D eigenvalue weighted by Crippen LogP contribution is 2.63. The minimum absolute atomic E-state index is 0.0960. The Balaban J connectivity index is 1.49. The first-order valence-electron chi connectivity index (χ1n) is 16.6. The Labute approximate surface area is 272 Å². The molecular weight excluding hydrogens is 600 g/mol. The van der Waals surface area contributed by atoms with Crippen LogP contribution in [0.1, 0.15) is 80.6 Å². The van der Waals surface area contributed by atoms with E-state index in [2.05, 4.69) is 40.3 Å². The fraction of sp³-hybridized carbons (Fsp3) is 0.853. The van der Waals surface area contributed by atoms with Crippen molar-refractivity contribution in [1.29, 1.82) is 0 Å². The lowest BCUT2D eigenvalue weighted by Gasteiger charge is -2.61. The summed E-state index contributed by atoms with van der Waals surface area (Å²) in [7, 11) is 0. The fourth-order valence-electron chi connectivity index (χ4n) is 8.30. The maximum absolute atomic E-state index is 11.5. The minimum Gasteiger partial charge on any atom is -0.457 e. The molecule has 4 aliphatic rings. The van der Waals surface area contributed by atoms with Crippen LogP contribution in [0.2, 0.25) is 0 Å². The Bertz CT molecular complexity index is 1110. The van der Waals surface area contributed by atoms with Crippen LogP contribution in [-0.4, -0.2) is 116 Å². The molecule has 12 heteroatoms. The summed E-state index contributed by atoms with van der Waals surface area (Å²) in [5, 5.41) is 64.3. The Kier molecular flexibility index (Phi) is 11.5. The van der Waals surface area contributed by atoms with Crippen LogP contribution < -0.4 is 0 Å². The van der Waals surface area contributed by atoms with Gasteiger partial charge in [-0.15, -0.1) is 6.58 Å². The summed E-state index contributed by atoms with van der Waals surface area (Å²) in [6, 6.07) is 0. The molecule has 3 fully saturated rings. The molecule has 0 radical (unpaired) electrons. The first-order valence-corrected chi connectivity index (χ1v) is 16.6. The molecule has 0 bridgehead atoms. The molecule has 0 spiro atoms. The van der Waals surface area contributed by atoms with Crippen molar-refractivity contribution in [1.82, 2.24) is 0 Å². The van der Waals surface area contributed by atoms with Crippen LogP contribution in [0.4, 0.5) is 0 Å². The van der Waals surface area contributed by atoms with E-state index in [1.807, 2.05) is 0 Å². The van der Waals surface area contributed by atoms with E-state index in [4.69, 9.17) is 23.7 Å². The van der Waals surface area contributed by atoms with E-state index in [-0.39, 0.29) is 23.4 Å². The summed E-state index contributed by atoms with van der Waals surface area (Å²) in [6.45, 7) is 16.6. The molecule has 16 atom stereocenters. The lowest BCUT2D eigenvalue weighted by molar-refractivity contribution is -0.364. The molecule has 264 valence electrons. The van der Waals surface area contributed by atoms with Gasteiger partial charge < -0.3 is 54.3 Å². The summed E-state index contributed by atoms with van der Waals surface area (Å²) in [5.41, 5.74) is -0.245. The highest BCUT2D eigenvalue weighted by atomic mass is 16.7. The van der Waals surface area contributed by atoms with Gasteiger partial charge in [-0.25, -0.2) is 0 Å². The molecule has 2 aliphatic heterocycles. The highest BCUT2D eigenvalue weighted by Gasteiger charge is 2.60. The summed E-state index contributed by atoms with van der Waals surface area (Å²) in [6.07, 6.45) is -6.15. The van der Waals surface area contributed by atoms with Crippen LogP contribution in [0, 0.1) is 22.7 Å². The molecule has 1 saturated carbocycles. The molecule has 2 heterocycles. The van der Waals surface area contributed by atoms with Gasteiger partial charge in [-0.05, 0) is 70.1 Å². The molecule has 0 unspecified atom stereocenters. The van der Waals surface area contributed by atoms with Crippen molar-refractivity contribution in [3.8, 4) is 0 Å². The van der Waals surface area contributed by atoms with Gasteiger partial charge >= 0.3 is 5.97 Å². The van der Waals surface area contributed by atoms with Gasteiger partial charge in [-0.2, -0.15) is 0 Å². The van der Waals surface area contributed by atoms with Gasteiger partial charge in [-0.1, -0.05) is 38.5 Å². The predicted octanol–water partition coefficient (Wildman–Crippen LogP) is 1.72. The largest absolute Gasteiger partial charge is 0.457 e. The summed E-state index contributed by atoms with van der Waals surface area (Å²) in [5.74, 6) is -0.286. The zero-order valence-corrected chi connectivity index (χ0v) is 28.2. The monoisotopic (exact) mass is 656 g/mol. The van der Waals surface area contributed by atoms with E-state index >= 15 is 0 Å². The van der Waals surface area contributed by atoms with Crippen molar-refractivity contribution in [2.24, 2.45) is 22.7 Å². The van der Waals surface area contributed by atoms with Crippen LogP contribution >= 0.6 is 0 Å². The number of carbonyl (C=O) groups excluding carboxylic acids is 1. The number of ether oxygens (including phenoxy) is 5. The van der Waals surface area contributed by atoms with Gasteiger partial charge in [0, 0.05) is 12.3 Å². The number of aliphatic hydroxyl groups excluding tert-OH is 5. The third kappa shape index (κ3) is 6.99. The van der Waals surface area contributed by atoms with Gasteiger partial charge in [-0.3, -0.25) is 4.79 Å². The van der Waals surface area contributed by atoms with E-state index in [0.29, 0.717) is 12.8 Å². The topological polar surface area (TPSA) is 185 Å². The van der Waals surface area contributed by atoms with E-state index < -0.39 is 85.0 Å². The van der Waals surface area contributed by atoms with E-state index in [9.17, 15) is 35.4 Å².